The van der Waals surface area contributed by atoms with Crippen molar-refractivity contribution in [1.82, 2.24) is 4.90 Å². The molecule has 2 heterocycles. The molecule has 2 aliphatic heterocycles. The van der Waals surface area contributed by atoms with Crippen LogP contribution in [-0.2, 0) is 14.3 Å². The minimum Gasteiger partial charge on any atom is -0.381 e. The third kappa shape index (κ3) is 3.22. The first-order valence-corrected chi connectivity index (χ1v) is 6.76. The molecule has 0 aromatic carbocycles. The Morgan fingerprint density at radius 1 is 1.39 bits per heavy atom. The van der Waals surface area contributed by atoms with Crippen molar-refractivity contribution in [3.63, 3.8) is 0 Å². The van der Waals surface area contributed by atoms with E-state index in [2.05, 4.69) is 0 Å². The van der Waals surface area contributed by atoms with E-state index in [9.17, 15) is 4.79 Å². The summed E-state index contributed by atoms with van der Waals surface area (Å²) >= 11 is 0. The first-order valence-electron chi connectivity index (χ1n) is 6.76. The van der Waals surface area contributed by atoms with Gasteiger partial charge >= 0.3 is 0 Å². The number of morpholine rings is 1. The number of carbonyl (C=O) groups excluding carboxylic acids is 1. The van der Waals surface area contributed by atoms with Crippen LogP contribution in [0.25, 0.3) is 0 Å². The smallest absolute Gasteiger partial charge is 0.226 e. The maximum atomic E-state index is 12.5. The van der Waals surface area contributed by atoms with Crippen LogP contribution in [0.15, 0.2) is 0 Å². The van der Waals surface area contributed by atoms with Gasteiger partial charge in [-0.3, -0.25) is 4.79 Å². The number of hydrogen-bond acceptors (Lipinski definition) is 4. The molecule has 5 heteroatoms. The molecular weight excluding hydrogens is 232 g/mol. The number of carbonyl (C=O) groups is 1. The molecule has 2 fully saturated rings. The predicted molar refractivity (Wildman–Crippen MR) is 68.1 cm³/mol. The average molecular weight is 256 g/mol. The highest BCUT2D eigenvalue weighted by molar-refractivity contribution is 5.79. The van der Waals surface area contributed by atoms with E-state index >= 15 is 0 Å². The van der Waals surface area contributed by atoms with Crippen molar-refractivity contribution >= 4 is 5.91 Å². The third-order valence-electron chi connectivity index (χ3n) is 3.63. The molecule has 2 N–H and O–H groups in total. The summed E-state index contributed by atoms with van der Waals surface area (Å²) in [5.41, 5.74) is 5.38. The molecule has 18 heavy (non-hydrogen) atoms. The molecule has 0 aromatic heterocycles. The molecular formula is C13H24N2O3. The summed E-state index contributed by atoms with van der Waals surface area (Å²) in [6.45, 7) is 7.16. The van der Waals surface area contributed by atoms with Crippen LogP contribution in [0.3, 0.4) is 0 Å². The van der Waals surface area contributed by atoms with Crippen LogP contribution in [0.4, 0.5) is 0 Å². The SMILES string of the molecule is CC1(C)CN(C(=O)C2CCOCC2)CC(CN)O1. The number of rotatable bonds is 2. The van der Waals surface area contributed by atoms with Crippen molar-refractivity contribution in [3.8, 4) is 0 Å². The fourth-order valence-electron chi connectivity index (χ4n) is 2.79. The molecule has 2 saturated heterocycles. The van der Waals surface area contributed by atoms with Crippen LogP contribution in [0, 0.1) is 5.92 Å². The van der Waals surface area contributed by atoms with Gasteiger partial charge < -0.3 is 20.1 Å². The van der Waals surface area contributed by atoms with Crippen molar-refractivity contribution in [3.05, 3.63) is 0 Å². The van der Waals surface area contributed by atoms with Gasteiger partial charge in [-0.05, 0) is 26.7 Å². The predicted octanol–water partition coefficient (Wildman–Crippen LogP) is 0.378. The summed E-state index contributed by atoms with van der Waals surface area (Å²) < 4.78 is 11.2. The first kappa shape index (κ1) is 13.8. The van der Waals surface area contributed by atoms with Crippen molar-refractivity contribution < 1.29 is 14.3 Å². The number of nitrogens with two attached hydrogens (primary N) is 1. The van der Waals surface area contributed by atoms with Gasteiger partial charge in [0.05, 0.1) is 11.7 Å². The van der Waals surface area contributed by atoms with Crippen molar-refractivity contribution in [2.75, 3.05) is 32.8 Å². The number of nitrogens with zero attached hydrogens (tertiary/aromatic N) is 1. The molecule has 1 atom stereocenters. The topological polar surface area (TPSA) is 64.8 Å². The zero-order chi connectivity index (χ0) is 13.2. The summed E-state index contributed by atoms with van der Waals surface area (Å²) in [6.07, 6.45) is 1.63. The Kier molecular flexibility index (Phi) is 4.25. The lowest BCUT2D eigenvalue weighted by Gasteiger charge is -2.43. The zero-order valence-corrected chi connectivity index (χ0v) is 11.4. The van der Waals surface area contributed by atoms with E-state index in [1.807, 2.05) is 18.7 Å². The number of hydrogen-bond donors (Lipinski definition) is 1. The van der Waals surface area contributed by atoms with E-state index in [4.69, 9.17) is 15.2 Å². The highest BCUT2D eigenvalue weighted by atomic mass is 16.5. The Morgan fingerprint density at radius 2 is 2.06 bits per heavy atom. The van der Waals surface area contributed by atoms with Crippen LogP contribution in [-0.4, -0.2) is 55.4 Å². The molecule has 2 rings (SSSR count). The summed E-state index contributed by atoms with van der Waals surface area (Å²) in [7, 11) is 0. The van der Waals surface area contributed by atoms with E-state index in [0.29, 0.717) is 32.8 Å². The van der Waals surface area contributed by atoms with Gasteiger partial charge in [0.15, 0.2) is 0 Å². The molecule has 0 aliphatic carbocycles. The van der Waals surface area contributed by atoms with Crippen molar-refractivity contribution in [2.24, 2.45) is 11.7 Å². The lowest BCUT2D eigenvalue weighted by Crippen LogP contribution is -2.57. The fourth-order valence-corrected chi connectivity index (χ4v) is 2.79. The van der Waals surface area contributed by atoms with Gasteiger partial charge in [-0.25, -0.2) is 0 Å². The molecule has 5 nitrogen and oxygen atoms in total. The molecule has 1 unspecified atom stereocenters. The normalized spacial score (nSPS) is 29.3. The van der Waals surface area contributed by atoms with Crippen LogP contribution in [0.5, 0.6) is 0 Å². The highest BCUT2D eigenvalue weighted by Gasteiger charge is 2.37. The van der Waals surface area contributed by atoms with E-state index in [0.717, 1.165) is 12.8 Å². The summed E-state index contributed by atoms with van der Waals surface area (Å²) in [6, 6.07) is 0. The van der Waals surface area contributed by atoms with E-state index in [-0.39, 0.29) is 23.5 Å². The third-order valence-corrected chi connectivity index (χ3v) is 3.63. The molecule has 0 bridgehead atoms. The van der Waals surface area contributed by atoms with Gasteiger partial charge in [0.1, 0.15) is 0 Å². The van der Waals surface area contributed by atoms with E-state index in [1.165, 1.54) is 0 Å². The zero-order valence-electron chi connectivity index (χ0n) is 11.4. The monoisotopic (exact) mass is 256 g/mol. The lowest BCUT2D eigenvalue weighted by molar-refractivity contribution is -0.164. The Balaban J connectivity index is 1.99. The molecule has 0 aromatic rings. The van der Waals surface area contributed by atoms with Crippen LogP contribution < -0.4 is 5.73 Å². The molecule has 0 saturated carbocycles. The van der Waals surface area contributed by atoms with E-state index in [1.54, 1.807) is 0 Å². The largest absolute Gasteiger partial charge is 0.381 e. The van der Waals surface area contributed by atoms with Gasteiger partial charge in [-0.15, -0.1) is 0 Å². The van der Waals surface area contributed by atoms with Gasteiger partial charge in [0.2, 0.25) is 5.91 Å². The Morgan fingerprint density at radius 3 is 2.67 bits per heavy atom. The summed E-state index contributed by atoms with van der Waals surface area (Å²) in [5, 5.41) is 0. The minimum absolute atomic E-state index is 0.0439. The Labute approximate surface area is 109 Å². The van der Waals surface area contributed by atoms with Gasteiger partial charge in [0.25, 0.3) is 0 Å². The summed E-state index contributed by atoms with van der Waals surface area (Å²) in [5.74, 6) is 0.360. The van der Waals surface area contributed by atoms with Crippen molar-refractivity contribution in [2.45, 2.75) is 38.4 Å². The van der Waals surface area contributed by atoms with Crippen molar-refractivity contribution in [1.29, 1.82) is 0 Å². The van der Waals surface area contributed by atoms with Crippen LogP contribution in [0.2, 0.25) is 0 Å². The average Bonchev–Trinajstić information content (AvgIpc) is 2.37. The standard InChI is InChI=1S/C13H24N2O3/c1-13(2)9-15(8-11(7-14)18-13)12(16)10-3-5-17-6-4-10/h10-11H,3-9,14H2,1-2H3. The van der Waals surface area contributed by atoms with E-state index < -0.39 is 0 Å². The van der Waals surface area contributed by atoms with Crippen LogP contribution >= 0.6 is 0 Å². The highest BCUT2D eigenvalue weighted by Crippen LogP contribution is 2.24. The molecule has 1 amide bonds. The molecule has 2 aliphatic rings. The molecule has 0 radical (unpaired) electrons. The second-order valence-corrected chi connectivity index (χ2v) is 5.84. The fraction of sp³-hybridized carbons (Fsp3) is 0.923. The second-order valence-electron chi connectivity index (χ2n) is 5.84. The second kappa shape index (κ2) is 5.55. The molecule has 104 valence electrons. The Hall–Kier alpha value is -0.650. The maximum Gasteiger partial charge on any atom is 0.226 e. The molecule has 0 spiro atoms. The summed E-state index contributed by atoms with van der Waals surface area (Å²) in [4.78, 5) is 14.4. The van der Waals surface area contributed by atoms with Gasteiger partial charge in [0, 0.05) is 38.8 Å². The number of ether oxygens (including phenoxy) is 2. The van der Waals surface area contributed by atoms with Gasteiger partial charge in [-0.2, -0.15) is 0 Å². The first-order chi connectivity index (χ1) is 8.52. The van der Waals surface area contributed by atoms with Gasteiger partial charge in [-0.1, -0.05) is 0 Å². The maximum absolute atomic E-state index is 12.5. The Bertz CT molecular complexity index is 301. The van der Waals surface area contributed by atoms with Crippen LogP contribution in [0.1, 0.15) is 26.7 Å². The minimum atomic E-state index is -0.302. The number of amides is 1. The quantitative estimate of drug-likeness (QED) is 0.775. The lowest BCUT2D eigenvalue weighted by atomic mass is 9.96.